The highest BCUT2D eigenvalue weighted by Gasteiger charge is 2.27. The van der Waals surface area contributed by atoms with Crippen LogP contribution in [0.2, 0.25) is 5.02 Å². The molecule has 34 heavy (non-hydrogen) atoms. The first kappa shape index (κ1) is 25.4. The minimum atomic E-state index is -0.826. The Morgan fingerprint density at radius 3 is 2.44 bits per heavy atom. The molecule has 3 amide bonds. The molecule has 3 rings (SSSR count). The van der Waals surface area contributed by atoms with Gasteiger partial charge in [0, 0.05) is 31.0 Å². The predicted molar refractivity (Wildman–Crippen MR) is 135 cm³/mol. The number of urea groups is 1. The first-order valence-corrected chi connectivity index (χ1v) is 11.8. The van der Waals surface area contributed by atoms with E-state index in [9.17, 15) is 14.0 Å². The number of hydrogen-bond donors (Lipinski definition) is 3. The Bertz CT molecular complexity index is 1150. The van der Waals surface area contributed by atoms with Crippen LogP contribution in [0.25, 0.3) is 10.6 Å². The van der Waals surface area contributed by atoms with Gasteiger partial charge in [-0.25, -0.2) is 9.18 Å². The predicted octanol–water partition coefficient (Wildman–Crippen LogP) is 5.24. The number of halogens is 2. The van der Waals surface area contributed by atoms with Crippen molar-refractivity contribution in [3.05, 3.63) is 53.3 Å². The van der Waals surface area contributed by atoms with Gasteiger partial charge in [0.05, 0.1) is 5.02 Å². The zero-order chi connectivity index (χ0) is 24.8. The van der Waals surface area contributed by atoms with Gasteiger partial charge in [-0.3, -0.25) is 10.1 Å². The third kappa shape index (κ3) is 6.42. The van der Waals surface area contributed by atoms with Crippen LogP contribution in [0.3, 0.4) is 0 Å². The van der Waals surface area contributed by atoms with Crippen molar-refractivity contribution in [3.8, 4) is 10.6 Å². The third-order valence-corrected chi connectivity index (χ3v) is 6.42. The molecule has 11 heteroatoms. The molecular weight excluding hydrogens is 479 g/mol. The molecule has 2 atom stereocenters. The fourth-order valence-corrected chi connectivity index (χ4v) is 3.99. The number of anilines is 3. The second-order valence-electron chi connectivity index (χ2n) is 7.93. The van der Waals surface area contributed by atoms with E-state index in [0.29, 0.717) is 22.2 Å². The first-order valence-electron chi connectivity index (χ1n) is 10.6. The molecule has 0 saturated carbocycles. The zero-order valence-corrected chi connectivity index (χ0v) is 20.8. The van der Waals surface area contributed by atoms with Gasteiger partial charge in [-0.15, -0.1) is 10.2 Å². The van der Waals surface area contributed by atoms with E-state index in [1.807, 2.05) is 57.1 Å². The number of carbonyl (C=O) groups excluding carboxylic acids is 2. The van der Waals surface area contributed by atoms with Gasteiger partial charge in [0.25, 0.3) is 0 Å². The maximum absolute atomic E-state index is 13.3. The van der Waals surface area contributed by atoms with Gasteiger partial charge >= 0.3 is 6.03 Å². The highest BCUT2D eigenvalue weighted by Crippen LogP contribution is 2.28. The lowest BCUT2D eigenvalue weighted by molar-refractivity contribution is -0.119. The Morgan fingerprint density at radius 1 is 1.12 bits per heavy atom. The smallest absolute Gasteiger partial charge is 0.319 e. The Labute approximate surface area is 206 Å². The fourth-order valence-electron chi connectivity index (χ4n) is 3.06. The molecule has 0 aliphatic carbocycles. The van der Waals surface area contributed by atoms with Crippen molar-refractivity contribution >= 4 is 51.4 Å². The van der Waals surface area contributed by atoms with Gasteiger partial charge in [0.15, 0.2) is 0 Å². The Balaban J connectivity index is 1.67. The molecule has 0 aliphatic heterocycles. The minimum absolute atomic E-state index is 0.113. The van der Waals surface area contributed by atoms with E-state index in [4.69, 9.17) is 11.6 Å². The average Bonchev–Trinajstić information content (AvgIpc) is 3.27. The lowest BCUT2D eigenvalue weighted by atomic mass is 9.98. The van der Waals surface area contributed by atoms with Crippen molar-refractivity contribution in [2.75, 3.05) is 29.6 Å². The zero-order valence-electron chi connectivity index (χ0n) is 19.2. The lowest BCUT2D eigenvalue weighted by Crippen LogP contribution is -2.49. The molecule has 180 valence electrons. The van der Waals surface area contributed by atoms with Crippen LogP contribution in [0.1, 0.15) is 20.3 Å². The molecule has 0 bridgehead atoms. The van der Waals surface area contributed by atoms with Gasteiger partial charge in [-0.05, 0) is 48.4 Å². The number of rotatable bonds is 8. The fraction of sp³-hybridized carbons (Fsp3) is 0.304. The van der Waals surface area contributed by atoms with Crippen molar-refractivity contribution in [1.82, 2.24) is 15.5 Å². The van der Waals surface area contributed by atoms with Crippen LogP contribution in [0.5, 0.6) is 0 Å². The molecule has 2 unspecified atom stereocenters. The van der Waals surface area contributed by atoms with E-state index in [1.165, 1.54) is 23.5 Å². The number of hydrogen-bond acceptors (Lipinski definition) is 6. The Kier molecular flexibility index (Phi) is 8.41. The maximum atomic E-state index is 13.3. The molecule has 0 saturated heterocycles. The number of nitrogens with one attached hydrogen (secondary N) is 3. The van der Waals surface area contributed by atoms with Crippen LogP contribution in [0, 0.1) is 11.7 Å². The number of benzene rings is 2. The highest BCUT2D eigenvalue weighted by molar-refractivity contribution is 7.18. The summed E-state index contributed by atoms with van der Waals surface area (Å²) in [7, 11) is 3.93. The van der Waals surface area contributed by atoms with Gasteiger partial charge in [-0.2, -0.15) is 0 Å². The first-order chi connectivity index (χ1) is 16.2. The lowest BCUT2D eigenvalue weighted by Gasteiger charge is -2.23. The monoisotopic (exact) mass is 504 g/mol. The molecule has 0 spiro atoms. The van der Waals surface area contributed by atoms with Crippen molar-refractivity contribution in [1.29, 1.82) is 0 Å². The average molecular weight is 505 g/mol. The summed E-state index contributed by atoms with van der Waals surface area (Å²) in [6.07, 6.45) is 0.653. The minimum Gasteiger partial charge on any atom is -0.378 e. The standard InChI is InChI=1S/C23H26ClFN6O2S/c1-5-13(2)19(27-22(33)26-15-8-11-18(25)17(24)12-15)20(32)28-23-30-29-21(34-23)14-6-9-16(10-7-14)31(3)4/h6-13,19H,5H2,1-4H3,(H2,26,27,33)(H,28,30,32). The van der Waals surface area contributed by atoms with Crippen LogP contribution < -0.4 is 20.9 Å². The van der Waals surface area contributed by atoms with Crippen LogP contribution >= 0.6 is 22.9 Å². The van der Waals surface area contributed by atoms with E-state index in [0.717, 1.165) is 17.3 Å². The van der Waals surface area contributed by atoms with Gasteiger partial charge in [-0.1, -0.05) is 43.2 Å². The molecule has 0 radical (unpaired) electrons. The summed E-state index contributed by atoms with van der Waals surface area (Å²) in [5, 5.41) is 17.1. The number of nitrogens with zero attached hydrogens (tertiary/aromatic N) is 3. The largest absolute Gasteiger partial charge is 0.378 e. The number of amides is 3. The molecular formula is C23H26ClFN6O2S. The van der Waals surface area contributed by atoms with Crippen molar-refractivity contribution < 1.29 is 14.0 Å². The Hall–Kier alpha value is -3.24. The molecule has 2 aromatic carbocycles. The summed E-state index contributed by atoms with van der Waals surface area (Å²) in [4.78, 5) is 27.5. The summed E-state index contributed by atoms with van der Waals surface area (Å²) in [6, 6.07) is 10.2. The maximum Gasteiger partial charge on any atom is 0.319 e. The molecule has 1 heterocycles. The quantitative estimate of drug-likeness (QED) is 0.389. The van der Waals surface area contributed by atoms with Crippen LogP contribution in [-0.2, 0) is 4.79 Å². The van der Waals surface area contributed by atoms with E-state index >= 15 is 0 Å². The van der Waals surface area contributed by atoms with Crippen LogP contribution in [0.4, 0.5) is 25.7 Å². The second kappa shape index (κ2) is 11.3. The summed E-state index contributed by atoms with van der Waals surface area (Å²) in [5.74, 6) is -1.16. The Morgan fingerprint density at radius 2 is 1.82 bits per heavy atom. The van der Waals surface area contributed by atoms with Gasteiger partial charge < -0.3 is 15.5 Å². The highest BCUT2D eigenvalue weighted by atomic mass is 35.5. The third-order valence-electron chi connectivity index (χ3n) is 5.25. The van der Waals surface area contributed by atoms with E-state index in [2.05, 4.69) is 26.1 Å². The topological polar surface area (TPSA) is 99.2 Å². The van der Waals surface area contributed by atoms with Crippen molar-refractivity contribution in [3.63, 3.8) is 0 Å². The normalized spacial score (nSPS) is 12.5. The summed E-state index contributed by atoms with van der Waals surface area (Å²) in [5.41, 5.74) is 2.25. The van der Waals surface area contributed by atoms with Gasteiger partial charge in [0.1, 0.15) is 16.9 Å². The number of aromatic nitrogens is 2. The van der Waals surface area contributed by atoms with E-state index in [-0.39, 0.29) is 10.9 Å². The summed E-state index contributed by atoms with van der Waals surface area (Å²) in [6.45, 7) is 3.78. The molecule has 0 aliphatic rings. The van der Waals surface area contributed by atoms with E-state index in [1.54, 1.807) is 0 Å². The van der Waals surface area contributed by atoms with Crippen molar-refractivity contribution in [2.24, 2.45) is 5.92 Å². The molecule has 8 nitrogen and oxygen atoms in total. The van der Waals surface area contributed by atoms with E-state index < -0.39 is 23.8 Å². The summed E-state index contributed by atoms with van der Waals surface area (Å²) < 4.78 is 13.3. The van der Waals surface area contributed by atoms with Gasteiger partial charge in [0.2, 0.25) is 11.0 Å². The molecule has 1 aromatic heterocycles. The van der Waals surface area contributed by atoms with Crippen LogP contribution in [-0.4, -0.2) is 42.3 Å². The molecule has 3 N–H and O–H groups in total. The second-order valence-corrected chi connectivity index (χ2v) is 9.32. The summed E-state index contributed by atoms with van der Waals surface area (Å²) >= 11 is 7.00. The number of carbonyl (C=O) groups is 2. The molecule has 0 fully saturated rings. The molecule has 3 aromatic rings. The van der Waals surface area contributed by atoms with Crippen LogP contribution in [0.15, 0.2) is 42.5 Å². The SMILES string of the molecule is CCC(C)C(NC(=O)Nc1ccc(F)c(Cl)c1)C(=O)Nc1nnc(-c2ccc(N(C)C)cc2)s1. The van der Waals surface area contributed by atoms with Crippen molar-refractivity contribution in [2.45, 2.75) is 26.3 Å².